The molecule has 2 aliphatic heterocycles. The molecule has 0 radical (unpaired) electrons. The van der Waals surface area contributed by atoms with E-state index in [0.29, 0.717) is 44.4 Å². The molecule has 232 valence electrons. The van der Waals surface area contributed by atoms with E-state index in [1.54, 1.807) is 24.3 Å². The van der Waals surface area contributed by atoms with Gasteiger partial charge in [-0.25, -0.2) is 9.80 Å². The normalized spacial score (nSPS) is 14.5. The first kappa shape index (κ1) is 27.1. The molecular formula is C44H22N2O4. The zero-order valence-electron chi connectivity index (χ0n) is 26.2. The Morgan fingerprint density at radius 3 is 0.960 bits per heavy atom. The minimum Gasteiger partial charge on any atom is -0.268 e. The average molecular weight is 643 g/mol. The van der Waals surface area contributed by atoms with Gasteiger partial charge in [0, 0.05) is 33.0 Å². The molecule has 4 amide bonds. The quantitative estimate of drug-likeness (QED) is 0.107. The molecular weight excluding hydrogens is 620 g/mol. The van der Waals surface area contributed by atoms with Gasteiger partial charge in [0.2, 0.25) is 0 Å². The summed E-state index contributed by atoms with van der Waals surface area (Å²) < 4.78 is 0. The number of benzene rings is 9. The summed E-state index contributed by atoms with van der Waals surface area (Å²) in [5.74, 6) is -1.49. The van der Waals surface area contributed by atoms with Crippen LogP contribution in [0.3, 0.4) is 0 Å². The van der Waals surface area contributed by atoms with Gasteiger partial charge >= 0.3 is 0 Å². The Morgan fingerprint density at radius 2 is 0.620 bits per heavy atom. The maximum atomic E-state index is 14.2. The Labute approximate surface area is 283 Å². The van der Waals surface area contributed by atoms with E-state index in [4.69, 9.17) is 0 Å². The lowest BCUT2D eigenvalue weighted by atomic mass is 9.82. The summed E-state index contributed by atoms with van der Waals surface area (Å²) in [4.78, 5) is 59.2. The first-order valence-electron chi connectivity index (χ1n) is 16.4. The van der Waals surface area contributed by atoms with E-state index in [9.17, 15) is 19.2 Å². The molecule has 0 aromatic heterocycles. The summed E-state index contributed by atoms with van der Waals surface area (Å²) in [7, 11) is 0. The fraction of sp³-hybridized carbons (Fsp3) is 0. The summed E-state index contributed by atoms with van der Waals surface area (Å²) >= 11 is 0. The second kappa shape index (κ2) is 9.36. The second-order valence-corrected chi connectivity index (χ2v) is 13.1. The molecule has 50 heavy (non-hydrogen) atoms. The molecule has 0 aliphatic carbocycles. The van der Waals surface area contributed by atoms with Gasteiger partial charge in [-0.1, -0.05) is 84.9 Å². The van der Waals surface area contributed by atoms with Gasteiger partial charge in [0.05, 0.1) is 11.4 Å². The Kier molecular flexibility index (Phi) is 5.07. The third-order valence-electron chi connectivity index (χ3n) is 10.6. The van der Waals surface area contributed by atoms with Gasteiger partial charge in [-0.15, -0.1) is 0 Å². The van der Waals surface area contributed by atoms with Crippen molar-refractivity contribution in [2.45, 2.75) is 0 Å². The molecule has 2 heterocycles. The van der Waals surface area contributed by atoms with Crippen LogP contribution in [0.15, 0.2) is 133 Å². The molecule has 9 aromatic rings. The van der Waals surface area contributed by atoms with Crippen molar-refractivity contribution in [3.8, 4) is 0 Å². The smallest absolute Gasteiger partial charge is 0.265 e. The highest BCUT2D eigenvalue weighted by atomic mass is 16.2. The topological polar surface area (TPSA) is 74.8 Å². The molecule has 2 aliphatic rings. The highest BCUT2D eigenvalue weighted by Gasteiger charge is 2.38. The van der Waals surface area contributed by atoms with Crippen molar-refractivity contribution in [3.05, 3.63) is 156 Å². The zero-order chi connectivity index (χ0) is 33.4. The van der Waals surface area contributed by atoms with E-state index < -0.39 is 0 Å². The minimum atomic E-state index is -0.373. The first-order chi connectivity index (χ1) is 24.5. The van der Waals surface area contributed by atoms with Crippen molar-refractivity contribution in [2.75, 3.05) is 9.80 Å². The lowest BCUT2D eigenvalue weighted by Crippen LogP contribution is -2.40. The van der Waals surface area contributed by atoms with E-state index >= 15 is 0 Å². The number of rotatable bonds is 2. The highest BCUT2D eigenvalue weighted by molar-refractivity contribution is 6.45. The summed E-state index contributed by atoms with van der Waals surface area (Å²) in [6, 6.07) is 41.8. The Balaban J connectivity index is 1.12. The fourth-order valence-electron chi connectivity index (χ4n) is 8.37. The number of hydrogen-bond acceptors (Lipinski definition) is 4. The molecule has 9 aromatic carbocycles. The van der Waals surface area contributed by atoms with Gasteiger partial charge in [0.25, 0.3) is 23.6 Å². The second-order valence-electron chi connectivity index (χ2n) is 13.1. The molecule has 0 unspecified atom stereocenters. The van der Waals surface area contributed by atoms with Crippen LogP contribution in [0.5, 0.6) is 0 Å². The molecule has 0 saturated carbocycles. The van der Waals surface area contributed by atoms with Crippen molar-refractivity contribution >= 4 is 99.6 Å². The molecule has 6 nitrogen and oxygen atoms in total. The first-order valence-corrected chi connectivity index (χ1v) is 16.4. The molecule has 0 saturated heterocycles. The van der Waals surface area contributed by atoms with Gasteiger partial charge in [-0.2, -0.15) is 0 Å². The summed E-state index contributed by atoms with van der Waals surface area (Å²) in [6.45, 7) is 0. The van der Waals surface area contributed by atoms with Crippen molar-refractivity contribution in [1.82, 2.24) is 0 Å². The Hall–Kier alpha value is -6.92. The number of amides is 4. The van der Waals surface area contributed by atoms with E-state index in [0.717, 1.165) is 53.9 Å². The molecule has 11 rings (SSSR count). The highest BCUT2D eigenvalue weighted by Crippen LogP contribution is 2.47. The molecule has 0 atom stereocenters. The summed E-state index contributed by atoms with van der Waals surface area (Å²) in [6.07, 6.45) is 0. The van der Waals surface area contributed by atoms with E-state index in [2.05, 4.69) is 0 Å². The van der Waals surface area contributed by atoms with Gasteiger partial charge < -0.3 is 0 Å². The van der Waals surface area contributed by atoms with Crippen molar-refractivity contribution in [3.63, 3.8) is 0 Å². The standard InChI is InChI=1S/C44H22N2O4/c47-41-33-17-13-29-31-15-19-35-40-36(44(50)46(43(35)49)28-12-10-24-6-2-4-8-26(24)22-28)20-16-32(38(31)40)30-14-18-34(39(33)37(29)30)42(48)45(41)27-11-9-23-5-1-3-7-25(23)21-27/h1-22H. The lowest BCUT2D eigenvalue weighted by Gasteiger charge is -2.30. The lowest BCUT2D eigenvalue weighted by molar-refractivity contribution is 0.0877. The monoisotopic (exact) mass is 642 g/mol. The molecule has 0 bridgehead atoms. The third kappa shape index (κ3) is 3.32. The van der Waals surface area contributed by atoms with E-state index in [1.165, 1.54) is 9.80 Å². The fourth-order valence-corrected chi connectivity index (χ4v) is 8.37. The molecule has 0 fully saturated rings. The zero-order valence-corrected chi connectivity index (χ0v) is 26.2. The number of carbonyl (C=O) groups excluding carboxylic acids is 4. The molecule has 0 N–H and O–H groups in total. The van der Waals surface area contributed by atoms with Crippen LogP contribution in [-0.4, -0.2) is 23.6 Å². The number of anilines is 2. The van der Waals surface area contributed by atoms with Gasteiger partial charge in [-0.05, 0) is 102 Å². The van der Waals surface area contributed by atoms with E-state index in [-0.39, 0.29) is 23.6 Å². The third-order valence-corrected chi connectivity index (χ3v) is 10.6. The maximum absolute atomic E-state index is 14.2. The van der Waals surface area contributed by atoms with Gasteiger partial charge in [0.1, 0.15) is 0 Å². The predicted octanol–water partition coefficient (Wildman–Crippen LogP) is 9.64. The summed E-state index contributed by atoms with van der Waals surface area (Å²) in [5, 5.41) is 10.2. The maximum Gasteiger partial charge on any atom is 0.265 e. The minimum absolute atomic E-state index is 0.373. The van der Waals surface area contributed by atoms with Crippen LogP contribution in [0.25, 0.3) is 64.6 Å². The number of imide groups is 2. The number of fused-ring (bicyclic) bond motifs is 4. The molecule has 0 spiro atoms. The van der Waals surface area contributed by atoms with Crippen LogP contribution in [0.4, 0.5) is 11.4 Å². The van der Waals surface area contributed by atoms with E-state index in [1.807, 2.05) is 109 Å². The van der Waals surface area contributed by atoms with Crippen LogP contribution >= 0.6 is 0 Å². The average Bonchev–Trinajstić information content (AvgIpc) is 3.15. The Bertz CT molecular complexity index is 2760. The van der Waals surface area contributed by atoms with Crippen LogP contribution in [-0.2, 0) is 0 Å². The number of nitrogens with zero attached hydrogens (tertiary/aromatic N) is 2. The number of hydrogen-bond donors (Lipinski definition) is 0. The van der Waals surface area contributed by atoms with Crippen LogP contribution in [0, 0.1) is 0 Å². The summed E-state index contributed by atoms with van der Waals surface area (Å²) in [5.41, 5.74) is 2.87. The van der Waals surface area contributed by atoms with Crippen LogP contribution in [0.1, 0.15) is 41.4 Å². The van der Waals surface area contributed by atoms with Crippen molar-refractivity contribution in [1.29, 1.82) is 0 Å². The van der Waals surface area contributed by atoms with Gasteiger partial charge in [-0.3, -0.25) is 19.2 Å². The van der Waals surface area contributed by atoms with Crippen LogP contribution < -0.4 is 9.80 Å². The Morgan fingerprint density at radius 1 is 0.300 bits per heavy atom. The number of carbonyl (C=O) groups is 4. The molecule has 6 heteroatoms. The van der Waals surface area contributed by atoms with Crippen molar-refractivity contribution in [2.24, 2.45) is 0 Å². The van der Waals surface area contributed by atoms with Gasteiger partial charge in [0.15, 0.2) is 0 Å². The largest absolute Gasteiger partial charge is 0.268 e. The van der Waals surface area contributed by atoms with Crippen molar-refractivity contribution < 1.29 is 19.2 Å². The van der Waals surface area contributed by atoms with Crippen LogP contribution in [0.2, 0.25) is 0 Å². The SMILES string of the molecule is O=C1c2ccc3c4ccc5c6c(ccc(c7ccc(c2c37)C(=O)N1c1ccc2ccccc2c1)c64)C(=O)N(c1ccc2ccccc2c1)C5=O. The predicted molar refractivity (Wildman–Crippen MR) is 198 cm³/mol.